The average Bonchev–Trinajstić information content (AvgIpc) is 3.37. The lowest BCUT2D eigenvalue weighted by molar-refractivity contribution is -0.139. The van der Waals surface area contributed by atoms with Crippen LogP contribution < -0.4 is 10.7 Å². The number of hydrogen-bond acceptors (Lipinski definition) is 7. The van der Waals surface area contributed by atoms with Crippen molar-refractivity contribution in [2.24, 2.45) is 0 Å². The highest BCUT2D eigenvalue weighted by atomic mass is 32.1. The van der Waals surface area contributed by atoms with Crippen LogP contribution in [-0.4, -0.2) is 18.4 Å². The molecule has 2 atom stereocenters. The van der Waals surface area contributed by atoms with E-state index >= 15 is 0 Å². The van der Waals surface area contributed by atoms with E-state index in [2.05, 4.69) is 5.32 Å². The fourth-order valence-corrected chi connectivity index (χ4v) is 5.74. The predicted octanol–water partition coefficient (Wildman–Crippen LogP) is 5.17. The maximum atomic E-state index is 13.6. The summed E-state index contributed by atoms with van der Waals surface area (Å²) >= 11 is 1.63. The summed E-state index contributed by atoms with van der Waals surface area (Å²) in [4.78, 5) is 41.5. The Balaban J connectivity index is 1.67. The minimum atomic E-state index is -0.835. The lowest BCUT2D eigenvalue weighted by Gasteiger charge is -2.36. The summed E-state index contributed by atoms with van der Waals surface area (Å²) in [6.45, 7) is 3.97. The number of benzene rings is 1. The van der Waals surface area contributed by atoms with Crippen molar-refractivity contribution in [3.05, 3.63) is 91.2 Å². The Bertz CT molecular complexity index is 1400. The van der Waals surface area contributed by atoms with Crippen molar-refractivity contribution in [3.63, 3.8) is 0 Å². The number of carbonyl (C=O) groups is 2. The van der Waals surface area contributed by atoms with Gasteiger partial charge < -0.3 is 14.5 Å². The number of dihydropyridines is 1. The molecule has 3 heterocycles. The first-order chi connectivity index (χ1) is 16.5. The summed E-state index contributed by atoms with van der Waals surface area (Å²) in [5.74, 6) is -1.37. The summed E-state index contributed by atoms with van der Waals surface area (Å²) in [6.07, 6.45) is 3.02. The van der Waals surface area contributed by atoms with E-state index < -0.39 is 11.9 Å². The third-order valence-corrected chi connectivity index (χ3v) is 7.48. The van der Waals surface area contributed by atoms with Gasteiger partial charge in [0.1, 0.15) is 5.58 Å². The van der Waals surface area contributed by atoms with Crippen LogP contribution >= 0.6 is 11.3 Å². The minimum Gasteiger partial charge on any atom is -0.464 e. The lowest BCUT2D eigenvalue weighted by atomic mass is 9.73. The van der Waals surface area contributed by atoms with Crippen LogP contribution in [0.2, 0.25) is 0 Å². The van der Waals surface area contributed by atoms with Gasteiger partial charge in [0.25, 0.3) is 0 Å². The van der Waals surface area contributed by atoms with Gasteiger partial charge in [-0.25, -0.2) is 4.79 Å². The molecule has 1 aliphatic heterocycles. The highest BCUT2D eigenvalue weighted by molar-refractivity contribution is 7.10. The second-order valence-corrected chi connectivity index (χ2v) is 9.66. The molecule has 1 N–H and O–H groups in total. The second kappa shape index (κ2) is 9.06. The van der Waals surface area contributed by atoms with Crippen LogP contribution in [-0.2, 0) is 14.3 Å². The highest BCUT2D eigenvalue weighted by Gasteiger charge is 2.42. The average molecular weight is 476 g/mol. The number of carbonyl (C=O) groups excluding carboxylic acids is 2. The molecule has 2 aromatic heterocycles. The Morgan fingerprint density at radius 1 is 1.18 bits per heavy atom. The van der Waals surface area contributed by atoms with Gasteiger partial charge in [-0.2, -0.15) is 0 Å². The molecule has 0 saturated carbocycles. The maximum Gasteiger partial charge on any atom is 0.336 e. The Kier molecular flexibility index (Phi) is 5.96. The number of rotatable bonds is 5. The Hall–Kier alpha value is -3.45. The van der Waals surface area contributed by atoms with Crippen molar-refractivity contribution in [3.8, 4) is 0 Å². The van der Waals surface area contributed by atoms with Gasteiger partial charge in [-0.3, -0.25) is 9.59 Å². The molecule has 1 aliphatic carbocycles. The molecule has 3 aromatic rings. The molecule has 34 heavy (non-hydrogen) atoms. The predicted molar refractivity (Wildman–Crippen MR) is 131 cm³/mol. The van der Waals surface area contributed by atoms with Crippen LogP contribution in [0.4, 0.5) is 0 Å². The van der Waals surface area contributed by atoms with Crippen LogP contribution in [0.5, 0.6) is 0 Å². The third kappa shape index (κ3) is 3.80. The zero-order valence-electron chi connectivity index (χ0n) is 19.1. The van der Waals surface area contributed by atoms with Gasteiger partial charge in [-0.1, -0.05) is 25.1 Å². The van der Waals surface area contributed by atoms with Crippen molar-refractivity contribution in [1.82, 2.24) is 5.32 Å². The molecule has 0 amide bonds. The molecular formula is C27H25NO5S. The summed E-state index contributed by atoms with van der Waals surface area (Å²) in [7, 11) is 0. The molecule has 7 heteroatoms. The molecule has 0 bridgehead atoms. The first-order valence-corrected chi connectivity index (χ1v) is 12.3. The molecular weight excluding hydrogens is 450 g/mol. The van der Waals surface area contributed by atoms with E-state index in [0.717, 1.165) is 10.6 Å². The van der Waals surface area contributed by atoms with Crippen molar-refractivity contribution in [1.29, 1.82) is 0 Å². The van der Waals surface area contributed by atoms with Crippen LogP contribution in [0.15, 0.2) is 79.8 Å². The number of thiophene rings is 1. The normalized spacial score (nSPS) is 20.4. The maximum absolute atomic E-state index is 13.6. The van der Waals surface area contributed by atoms with Crippen LogP contribution in [0, 0.1) is 0 Å². The Labute approximate surface area is 200 Å². The van der Waals surface area contributed by atoms with Gasteiger partial charge in [0, 0.05) is 39.7 Å². The quantitative estimate of drug-likeness (QED) is 0.513. The van der Waals surface area contributed by atoms with Crippen molar-refractivity contribution >= 4 is 34.1 Å². The molecule has 2 aliphatic rings. The van der Waals surface area contributed by atoms with Crippen molar-refractivity contribution < 1.29 is 18.7 Å². The fourth-order valence-electron chi connectivity index (χ4n) is 4.91. The van der Waals surface area contributed by atoms with E-state index in [4.69, 9.17) is 9.15 Å². The van der Waals surface area contributed by atoms with E-state index in [9.17, 15) is 14.4 Å². The largest absolute Gasteiger partial charge is 0.464 e. The van der Waals surface area contributed by atoms with Crippen LogP contribution in [0.3, 0.4) is 0 Å². The number of allylic oxidation sites excluding steroid dienone is 3. The molecule has 1 aromatic carbocycles. The van der Waals surface area contributed by atoms with E-state index in [1.54, 1.807) is 42.5 Å². The van der Waals surface area contributed by atoms with Gasteiger partial charge in [0.05, 0.1) is 29.7 Å². The zero-order chi connectivity index (χ0) is 23.8. The smallest absolute Gasteiger partial charge is 0.336 e. The molecule has 5 rings (SSSR count). The topological polar surface area (TPSA) is 85.6 Å². The SMILES string of the molecule is CCCOC(=O)C1=C(C)NC2=C(C(=O)C[C@@H](c3cccs3)C2)[C@H]1c1coc2ccccc2c1=O. The highest BCUT2D eigenvalue weighted by Crippen LogP contribution is 2.45. The summed E-state index contributed by atoms with van der Waals surface area (Å²) in [5, 5.41) is 5.74. The number of fused-ring (bicyclic) bond motifs is 1. The lowest BCUT2D eigenvalue weighted by Crippen LogP contribution is -2.37. The number of esters is 1. The van der Waals surface area contributed by atoms with Gasteiger partial charge >= 0.3 is 5.97 Å². The van der Waals surface area contributed by atoms with E-state index in [1.165, 1.54) is 6.26 Å². The number of ketones is 1. The zero-order valence-corrected chi connectivity index (χ0v) is 19.9. The third-order valence-electron chi connectivity index (χ3n) is 6.45. The number of nitrogens with one attached hydrogen (secondary N) is 1. The number of para-hydroxylation sites is 1. The monoisotopic (exact) mass is 475 g/mol. The molecule has 6 nitrogen and oxygen atoms in total. The van der Waals surface area contributed by atoms with E-state index in [1.807, 2.05) is 24.4 Å². The van der Waals surface area contributed by atoms with E-state index in [0.29, 0.717) is 41.5 Å². The molecule has 0 saturated heterocycles. The molecule has 0 spiro atoms. The van der Waals surface area contributed by atoms with Crippen LogP contribution in [0.1, 0.15) is 55.4 Å². The first-order valence-electron chi connectivity index (χ1n) is 11.4. The van der Waals surface area contributed by atoms with Crippen molar-refractivity contribution in [2.75, 3.05) is 6.61 Å². The molecule has 174 valence electrons. The molecule has 0 radical (unpaired) electrons. The van der Waals surface area contributed by atoms with Crippen LogP contribution in [0.25, 0.3) is 11.0 Å². The number of hydrogen-bond donors (Lipinski definition) is 1. The van der Waals surface area contributed by atoms with E-state index in [-0.39, 0.29) is 34.9 Å². The number of Topliss-reactive ketones (excluding diaryl/α,β-unsaturated/α-hetero) is 1. The summed E-state index contributed by atoms with van der Waals surface area (Å²) in [6, 6.07) is 11.0. The first kappa shape index (κ1) is 22.3. The molecule has 0 unspecified atom stereocenters. The Morgan fingerprint density at radius 2 is 2.00 bits per heavy atom. The van der Waals surface area contributed by atoms with Crippen molar-refractivity contribution in [2.45, 2.75) is 44.9 Å². The van der Waals surface area contributed by atoms with Gasteiger partial charge in [-0.05, 0) is 43.3 Å². The summed E-state index contributed by atoms with van der Waals surface area (Å²) in [5.41, 5.74) is 2.60. The second-order valence-electron chi connectivity index (χ2n) is 8.68. The number of ether oxygens (including phenoxy) is 1. The minimum absolute atomic E-state index is 0.0637. The van der Waals surface area contributed by atoms with Gasteiger partial charge in [-0.15, -0.1) is 11.3 Å². The van der Waals surface area contributed by atoms with Gasteiger partial charge in [0.2, 0.25) is 0 Å². The fraction of sp³-hybridized carbons (Fsp3) is 0.296. The standard InChI is InChI=1S/C27H25NO5S/c1-3-10-32-27(31)23-15(2)28-19-12-16(22-9-6-11-34-22)13-20(29)25(19)24(23)18-14-33-21-8-5-4-7-17(21)26(18)30/h4-9,11,14,16,24,28H,3,10,12-13H2,1-2H3/t16-,24-/m0/s1. The molecule has 0 fully saturated rings. The Morgan fingerprint density at radius 3 is 2.76 bits per heavy atom. The summed E-state index contributed by atoms with van der Waals surface area (Å²) < 4.78 is 11.3. The van der Waals surface area contributed by atoms with Gasteiger partial charge in [0.15, 0.2) is 11.2 Å².